The van der Waals surface area contributed by atoms with Crippen LogP contribution in [0.5, 0.6) is 0 Å². The summed E-state index contributed by atoms with van der Waals surface area (Å²) in [5, 5.41) is 10.5. The number of cyclic esters (lactones) is 1. The third kappa shape index (κ3) is 4.14. The van der Waals surface area contributed by atoms with Crippen molar-refractivity contribution in [2.45, 2.75) is 25.5 Å². The van der Waals surface area contributed by atoms with Gasteiger partial charge in [-0.25, -0.2) is 14.7 Å². The highest BCUT2D eigenvalue weighted by Crippen LogP contribution is 2.33. The molecule has 172 valence electrons. The maximum Gasteiger partial charge on any atom is 0.416 e. The molecule has 9 heteroatoms. The molecule has 2 aromatic heterocycles. The fraction of sp³-hybridized carbons (Fsp3) is 0.240. The number of hydrogen-bond acceptors (Lipinski definition) is 7. The number of pyridine rings is 1. The van der Waals surface area contributed by atoms with Crippen LogP contribution in [0, 0.1) is 6.92 Å². The van der Waals surface area contributed by atoms with Gasteiger partial charge in [0.2, 0.25) is 5.91 Å². The number of aromatic nitrogens is 4. The number of nitrogens with zero attached hydrogens (tertiary/aromatic N) is 5. The Balaban J connectivity index is 1.52. The Bertz CT molecular complexity index is 1380. The first kappa shape index (κ1) is 22.1. The van der Waals surface area contributed by atoms with Crippen LogP contribution >= 0.6 is 11.8 Å². The van der Waals surface area contributed by atoms with Crippen molar-refractivity contribution in [3.05, 3.63) is 60.2 Å². The van der Waals surface area contributed by atoms with Crippen LogP contribution in [0.2, 0.25) is 0 Å². The van der Waals surface area contributed by atoms with Gasteiger partial charge in [0.05, 0.1) is 23.5 Å². The maximum atomic E-state index is 12.4. The number of para-hydroxylation sites is 1. The van der Waals surface area contributed by atoms with Crippen molar-refractivity contribution >= 4 is 34.7 Å². The summed E-state index contributed by atoms with van der Waals surface area (Å²) in [7, 11) is 0. The van der Waals surface area contributed by atoms with E-state index in [-0.39, 0.29) is 24.8 Å². The largest absolute Gasteiger partial charge is 0.447 e. The zero-order chi connectivity index (χ0) is 23.7. The number of fused-ring (bicyclic) bond motifs is 1. The van der Waals surface area contributed by atoms with Crippen LogP contribution in [-0.2, 0) is 16.1 Å². The minimum Gasteiger partial charge on any atom is -0.447 e. The highest BCUT2D eigenvalue weighted by Gasteiger charge is 2.28. The lowest BCUT2D eigenvalue weighted by Crippen LogP contribution is -2.33. The normalized spacial score (nSPS) is 13.5. The van der Waals surface area contributed by atoms with Crippen LogP contribution in [0.25, 0.3) is 33.5 Å². The Morgan fingerprint density at radius 3 is 2.65 bits per heavy atom. The Morgan fingerprint density at radius 1 is 1.12 bits per heavy atom. The van der Waals surface area contributed by atoms with Crippen molar-refractivity contribution in [1.29, 1.82) is 0 Å². The van der Waals surface area contributed by atoms with Gasteiger partial charge >= 0.3 is 6.09 Å². The van der Waals surface area contributed by atoms with E-state index in [0.29, 0.717) is 17.5 Å². The summed E-state index contributed by atoms with van der Waals surface area (Å²) in [6, 6.07) is 18.3. The number of rotatable bonds is 6. The van der Waals surface area contributed by atoms with E-state index in [1.165, 1.54) is 17.3 Å². The van der Waals surface area contributed by atoms with E-state index in [9.17, 15) is 9.59 Å². The van der Waals surface area contributed by atoms with Gasteiger partial charge in [-0.15, -0.1) is 10.2 Å². The van der Waals surface area contributed by atoms with Gasteiger partial charge in [-0.2, -0.15) is 0 Å². The van der Waals surface area contributed by atoms with Crippen LogP contribution in [0.4, 0.5) is 4.79 Å². The fourth-order valence-electron chi connectivity index (χ4n) is 3.94. The summed E-state index contributed by atoms with van der Waals surface area (Å²) in [5.41, 5.74) is 4.87. The smallest absolute Gasteiger partial charge is 0.416 e. The van der Waals surface area contributed by atoms with Gasteiger partial charge in [-0.1, -0.05) is 59.8 Å². The van der Waals surface area contributed by atoms with Gasteiger partial charge in [0.15, 0.2) is 11.0 Å². The van der Waals surface area contributed by atoms with E-state index in [0.717, 1.165) is 32.6 Å². The van der Waals surface area contributed by atoms with E-state index in [1.807, 2.05) is 41.8 Å². The molecule has 0 aliphatic carbocycles. The Labute approximate surface area is 201 Å². The summed E-state index contributed by atoms with van der Waals surface area (Å²) >= 11 is 1.27. The molecule has 0 radical (unpaired) electrons. The highest BCUT2D eigenvalue weighted by atomic mass is 32.2. The number of thioether (sulfide) groups is 1. The Kier molecular flexibility index (Phi) is 6.02. The summed E-state index contributed by atoms with van der Waals surface area (Å²) in [6.07, 6.45) is -0.588. The van der Waals surface area contributed by atoms with Gasteiger partial charge < -0.3 is 9.30 Å². The monoisotopic (exact) mass is 473 g/mol. The molecule has 4 aromatic rings. The second-order valence-corrected chi connectivity index (χ2v) is 8.88. The van der Waals surface area contributed by atoms with Crippen molar-refractivity contribution in [2.75, 3.05) is 18.9 Å². The van der Waals surface area contributed by atoms with Crippen molar-refractivity contribution in [3.63, 3.8) is 0 Å². The zero-order valence-corrected chi connectivity index (χ0v) is 19.7. The third-order valence-electron chi connectivity index (χ3n) is 5.72. The van der Waals surface area contributed by atoms with E-state index < -0.39 is 6.09 Å². The summed E-state index contributed by atoms with van der Waals surface area (Å²) in [6.45, 7) is 5.23. The standard InChI is InChI=1S/C25H23N5O3S/c1-3-29-23(27-28-24(29)34-15-22(31)30-12-13-33-25(30)32)19-14-21(17-10-8-16(2)9-11-17)26-20-7-5-4-6-18(19)20/h4-11,14H,3,12-13,15H2,1-2H3. The topological polar surface area (TPSA) is 90.2 Å². The van der Waals surface area contributed by atoms with Gasteiger partial charge in [-0.3, -0.25) is 4.79 Å². The second-order valence-electron chi connectivity index (χ2n) is 7.94. The van der Waals surface area contributed by atoms with Crippen molar-refractivity contribution < 1.29 is 14.3 Å². The predicted octanol–water partition coefficient (Wildman–Crippen LogP) is 4.56. The van der Waals surface area contributed by atoms with E-state index >= 15 is 0 Å². The molecule has 0 spiro atoms. The number of ether oxygens (including phenoxy) is 1. The maximum absolute atomic E-state index is 12.4. The molecule has 0 bridgehead atoms. The number of hydrogen-bond donors (Lipinski definition) is 0. The molecule has 8 nitrogen and oxygen atoms in total. The molecule has 5 rings (SSSR count). The number of carbonyl (C=O) groups is 2. The number of carbonyl (C=O) groups excluding carboxylic acids is 2. The molecule has 1 aliphatic heterocycles. The lowest BCUT2D eigenvalue weighted by atomic mass is 10.0. The van der Waals surface area contributed by atoms with Crippen molar-refractivity contribution in [3.8, 4) is 22.6 Å². The number of imide groups is 1. The van der Waals surface area contributed by atoms with Crippen LogP contribution in [-0.4, -0.2) is 55.6 Å². The molecule has 1 aliphatic rings. The second kappa shape index (κ2) is 9.26. The first-order chi connectivity index (χ1) is 16.5. The Hall–Kier alpha value is -3.72. The molecule has 1 fully saturated rings. The van der Waals surface area contributed by atoms with Crippen LogP contribution in [0.1, 0.15) is 12.5 Å². The quantitative estimate of drug-likeness (QED) is 0.379. The fourth-order valence-corrected chi connectivity index (χ4v) is 4.81. The zero-order valence-electron chi connectivity index (χ0n) is 18.9. The average molecular weight is 474 g/mol. The number of benzene rings is 2. The summed E-state index contributed by atoms with van der Waals surface area (Å²) < 4.78 is 6.85. The molecule has 0 N–H and O–H groups in total. The molecular formula is C25H23N5O3S. The lowest BCUT2D eigenvalue weighted by molar-refractivity contribution is -0.125. The molecule has 0 saturated carbocycles. The SMILES string of the molecule is CCn1c(SCC(=O)N2CCOC2=O)nnc1-c1cc(-c2ccc(C)cc2)nc2ccccc12. The van der Waals surface area contributed by atoms with Crippen molar-refractivity contribution in [1.82, 2.24) is 24.6 Å². The number of aryl methyl sites for hydroxylation is 1. The molecule has 2 aromatic carbocycles. The average Bonchev–Trinajstić information content (AvgIpc) is 3.48. The van der Waals surface area contributed by atoms with Crippen molar-refractivity contribution in [2.24, 2.45) is 0 Å². The molecule has 3 heterocycles. The molecule has 34 heavy (non-hydrogen) atoms. The van der Waals surface area contributed by atoms with Gasteiger partial charge in [0.1, 0.15) is 6.61 Å². The van der Waals surface area contributed by atoms with Gasteiger partial charge in [0.25, 0.3) is 0 Å². The van der Waals surface area contributed by atoms with Crippen LogP contribution in [0.3, 0.4) is 0 Å². The third-order valence-corrected chi connectivity index (χ3v) is 6.68. The van der Waals surface area contributed by atoms with E-state index in [1.54, 1.807) is 0 Å². The number of amides is 2. The minimum atomic E-state index is -0.588. The molecule has 1 saturated heterocycles. The van der Waals surface area contributed by atoms with Crippen LogP contribution in [0.15, 0.2) is 59.8 Å². The van der Waals surface area contributed by atoms with E-state index in [4.69, 9.17) is 9.72 Å². The molecular weight excluding hydrogens is 450 g/mol. The first-order valence-electron chi connectivity index (χ1n) is 11.1. The predicted molar refractivity (Wildman–Crippen MR) is 130 cm³/mol. The summed E-state index contributed by atoms with van der Waals surface area (Å²) in [5.74, 6) is 0.500. The minimum absolute atomic E-state index is 0.0823. The van der Waals surface area contributed by atoms with Gasteiger partial charge in [-0.05, 0) is 26.0 Å². The Morgan fingerprint density at radius 2 is 1.91 bits per heavy atom. The first-order valence-corrected chi connectivity index (χ1v) is 12.0. The molecule has 0 unspecified atom stereocenters. The molecule has 0 atom stereocenters. The highest BCUT2D eigenvalue weighted by molar-refractivity contribution is 7.99. The lowest BCUT2D eigenvalue weighted by Gasteiger charge is -2.12. The van der Waals surface area contributed by atoms with E-state index in [2.05, 4.69) is 41.4 Å². The van der Waals surface area contributed by atoms with Gasteiger partial charge in [0, 0.05) is 23.1 Å². The van der Waals surface area contributed by atoms with Crippen LogP contribution < -0.4 is 0 Å². The molecule has 2 amide bonds. The summed E-state index contributed by atoms with van der Waals surface area (Å²) in [4.78, 5) is 30.1.